The van der Waals surface area contributed by atoms with E-state index < -0.39 is 0 Å². The van der Waals surface area contributed by atoms with Crippen LogP contribution in [-0.4, -0.2) is 6.21 Å². The second-order valence-corrected chi connectivity index (χ2v) is 4.47. The highest BCUT2D eigenvalue weighted by atomic mass is 32.1. The molecule has 1 atom stereocenters. The lowest BCUT2D eigenvalue weighted by molar-refractivity contribution is 0.783. The summed E-state index contributed by atoms with van der Waals surface area (Å²) in [5, 5.41) is 0. The van der Waals surface area contributed by atoms with Crippen LogP contribution in [0.15, 0.2) is 11.1 Å². The van der Waals surface area contributed by atoms with Gasteiger partial charge in [-0.05, 0) is 25.3 Å². The number of nitrogens with zero attached hydrogens (tertiary/aromatic N) is 1. The normalized spacial score (nSPS) is 21.8. The van der Waals surface area contributed by atoms with E-state index in [1.54, 1.807) is 0 Å². The molecule has 1 aromatic heterocycles. The predicted molar refractivity (Wildman–Crippen MR) is 50.1 cm³/mol. The number of hydrogen-bond donors (Lipinski definition) is 0. The van der Waals surface area contributed by atoms with Gasteiger partial charge < -0.3 is 0 Å². The third-order valence-corrected chi connectivity index (χ3v) is 2.95. The first kappa shape index (κ1) is 7.04. The van der Waals surface area contributed by atoms with Gasteiger partial charge in [0, 0.05) is 16.0 Å². The fraction of sp³-hybridized carbons (Fsp3) is 0.444. The first-order valence-corrected chi connectivity index (χ1v) is 4.71. The van der Waals surface area contributed by atoms with Gasteiger partial charge in [0.05, 0.1) is 5.69 Å². The molecule has 0 radical (unpaired) electrons. The van der Waals surface area contributed by atoms with Gasteiger partial charge in [0.1, 0.15) is 0 Å². The van der Waals surface area contributed by atoms with Gasteiger partial charge in [-0.15, -0.1) is 11.3 Å². The Hall–Kier alpha value is -0.630. The molecule has 2 rings (SSSR count). The number of aryl methyl sites for hydroxylation is 1. The van der Waals surface area contributed by atoms with E-state index in [1.165, 1.54) is 21.9 Å². The number of hydrogen-bond acceptors (Lipinski definition) is 2. The molecule has 0 aliphatic carbocycles. The Labute approximate surface area is 70.8 Å². The number of rotatable bonds is 0. The smallest absolute Gasteiger partial charge is 0.0767 e. The van der Waals surface area contributed by atoms with Crippen molar-refractivity contribution in [2.75, 3.05) is 0 Å². The van der Waals surface area contributed by atoms with Crippen LogP contribution in [0, 0.1) is 12.8 Å². The van der Waals surface area contributed by atoms with E-state index >= 15 is 0 Å². The van der Waals surface area contributed by atoms with Gasteiger partial charge in [0.2, 0.25) is 0 Å². The lowest BCUT2D eigenvalue weighted by Crippen LogP contribution is -2.02. The molecule has 0 amide bonds. The quantitative estimate of drug-likeness (QED) is 0.560. The molecule has 2 heterocycles. The molecule has 0 aromatic carbocycles. The van der Waals surface area contributed by atoms with Crippen molar-refractivity contribution in [1.82, 2.24) is 0 Å². The maximum atomic E-state index is 4.38. The summed E-state index contributed by atoms with van der Waals surface area (Å²) in [5.41, 5.74) is 1.20. The minimum atomic E-state index is 0.626. The monoisotopic (exact) mass is 165 g/mol. The highest BCUT2D eigenvalue weighted by Gasteiger charge is 2.13. The minimum absolute atomic E-state index is 0.626. The summed E-state index contributed by atoms with van der Waals surface area (Å²) in [6.45, 7) is 4.35. The number of aliphatic imine (C=N–C) groups is 1. The number of fused-ring (bicyclic) bond motifs is 1. The van der Waals surface area contributed by atoms with Crippen LogP contribution in [0.25, 0.3) is 0 Å². The zero-order valence-corrected chi connectivity index (χ0v) is 7.61. The Kier molecular flexibility index (Phi) is 1.57. The van der Waals surface area contributed by atoms with Crippen LogP contribution < -0.4 is 0 Å². The minimum Gasteiger partial charge on any atom is -0.260 e. The van der Waals surface area contributed by atoms with Crippen LogP contribution in [-0.2, 0) is 6.42 Å². The fourth-order valence-electron chi connectivity index (χ4n) is 1.36. The van der Waals surface area contributed by atoms with Crippen molar-refractivity contribution in [3.63, 3.8) is 0 Å². The van der Waals surface area contributed by atoms with Gasteiger partial charge in [-0.2, -0.15) is 0 Å². The molecule has 1 aromatic rings. The Bertz CT molecular complexity index is 299. The van der Waals surface area contributed by atoms with E-state index in [9.17, 15) is 0 Å². The summed E-state index contributed by atoms with van der Waals surface area (Å²) in [4.78, 5) is 7.21. The van der Waals surface area contributed by atoms with Crippen molar-refractivity contribution in [3.05, 3.63) is 15.8 Å². The van der Waals surface area contributed by atoms with Gasteiger partial charge >= 0.3 is 0 Å². The van der Waals surface area contributed by atoms with Crippen molar-refractivity contribution in [2.45, 2.75) is 20.3 Å². The zero-order chi connectivity index (χ0) is 7.84. The fourth-order valence-corrected chi connectivity index (χ4v) is 2.48. The standard InChI is InChI=1S/C9H11NS/c1-6-3-9-8(10-5-6)4-7(2)11-9/h4-6H,3H2,1-2H3. The summed E-state index contributed by atoms with van der Waals surface area (Å²) in [6, 6.07) is 2.17. The van der Waals surface area contributed by atoms with E-state index in [0.29, 0.717) is 5.92 Å². The average Bonchev–Trinajstić information content (AvgIpc) is 2.27. The molecular formula is C9H11NS. The van der Waals surface area contributed by atoms with Crippen LogP contribution in [0.4, 0.5) is 5.69 Å². The first-order valence-electron chi connectivity index (χ1n) is 3.89. The van der Waals surface area contributed by atoms with Crippen molar-refractivity contribution < 1.29 is 0 Å². The third kappa shape index (κ3) is 1.23. The van der Waals surface area contributed by atoms with E-state index in [2.05, 4.69) is 31.1 Å². The van der Waals surface area contributed by atoms with E-state index in [1.807, 2.05) is 11.3 Å². The molecule has 1 aliphatic heterocycles. The van der Waals surface area contributed by atoms with Gasteiger partial charge in [-0.25, -0.2) is 0 Å². The zero-order valence-electron chi connectivity index (χ0n) is 6.79. The maximum Gasteiger partial charge on any atom is 0.0767 e. The molecule has 0 bridgehead atoms. The third-order valence-electron chi connectivity index (χ3n) is 1.89. The van der Waals surface area contributed by atoms with E-state index in [-0.39, 0.29) is 0 Å². The van der Waals surface area contributed by atoms with E-state index in [0.717, 1.165) is 0 Å². The first-order chi connectivity index (χ1) is 5.25. The van der Waals surface area contributed by atoms with Gasteiger partial charge in [0.25, 0.3) is 0 Å². The van der Waals surface area contributed by atoms with E-state index in [4.69, 9.17) is 0 Å². The molecule has 0 N–H and O–H groups in total. The molecule has 58 valence electrons. The Morgan fingerprint density at radius 2 is 2.45 bits per heavy atom. The van der Waals surface area contributed by atoms with Crippen molar-refractivity contribution >= 4 is 23.2 Å². The van der Waals surface area contributed by atoms with Gasteiger partial charge in [-0.1, -0.05) is 6.92 Å². The molecule has 1 unspecified atom stereocenters. The van der Waals surface area contributed by atoms with Crippen LogP contribution in [0.1, 0.15) is 16.7 Å². The second-order valence-electron chi connectivity index (χ2n) is 3.13. The Balaban J connectivity index is 2.44. The predicted octanol–water partition coefficient (Wildman–Crippen LogP) is 2.95. The lowest BCUT2D eigenvalue weighted by atomic mass is 10.1. The summed E-state index contributed by atoms with van der Waals surface area (Å²) in [5.74, 6) is 0.626. The van der Waals surface area contributed by atoms with Crippen molar-refractivity contribution in [3.8, 4) is 0 Å². The van der Waals surface area contributed by atoms with Crippen LogP contribution in [0.2, 0.25) is 0 Å². The number of thiophene rings is 1. The largest absolute Gasteiger partial charge is 0.260 e. The van der Waals surface area contributed by atoms with Gasteiger partial charge in [-0.3, -0.25) is 4.99 Å². The molecule has 2 heteroatoms. The Morgan fingerprint density at radius 3 is 3.27 bits per heavy atom. The molecular weight excluding hydrogens is 154 g/mol. The van der Waals surface area contributed by atoms with Gasteiger partial charge in [0.15, 0.2) is 0 Å². The second kappa shape index (κ2) is 2.45. The van der Waals surface area contributed by atoms with Crippen LogP contribution in [0.3, 0.4) is 0 Å². The molecule has 0 saturated heterocycles. The maximum absolute atomic E-state index is 4.38. The topological polar surface area (TPSA) is 12.4 Å². The molecule has 0 spiro atoms. The molecule has 1 aliphatic rings. The Morgan fingerprint density at radius 1 is 1.64 bits per heavy atom. The lowest BCUT2D eigenvalue weighted by Gasteiger charge is -2.09. The van der Waals surface area contributed by atoms with Crippen LogP contribution >= 0.6 is 11.3 Å². The highest BCUT2D eigenvalue weighted by Crippen LogP contribution is 2.33. The molecule has 0 fully saturated rings. The highest BCUT2D eigenvalue weighted by molar-refractivity contribution is 7.12. The summed E-state index contributed by atoms with van der Waals surface area (Å²) in [7, 11) is 0. The van der Waals surface area contributed by atoms with Crippen molar-refractivity contribution in [2.24, 2.45) is 10.9 Å². The SMILES string of the molecule is Cc1cc2c(s1)CC(C)C=N2. The molecule has 0 saturated carbocycles. The summed E-state index contributed by atoms with van der Waals surface area (Å²) < 4.78 is 0. The summed E-state index contributed by atoms with van der Waals surface area (Å²) >= 11 is 1.88. The summed E-state index contributed by atoms with van der Waals surface area (Å²) in [6.07, 6.45) is 3.23. The van der Waals surface area contributed by atoms with Crippen molar-refractivity contribution in [1.29, 1.82) is 0 Å². The molecule has 1 nitrogen and oxygen atoms in total. The average molecular weight is 165 g/mol. The van der Waals surface area contributed by atoms with Crippen LogP contribution in [0.5, 0.6) is 0 Å². The molecule has 11 heavy (non-hydrogen) atoms.